The fraction of sp³-hybridized carbons (Fsp3) is 0.562. The smallest absolute Gasteiger partial charge is 0.237 e. The van der Waals surface area contributed by atoms with Crippen molar-refractivity contribution in [3.63, 3.8) is 0 Å². The van der Waals surface area contributed by atoms with Gasteiger partial charge in [0.05, 0.1) is 24.5 Å². The first-order valence-corrected chi connectivity index (χ1v) is 9.69. The van der Waals surface area contributed by atoms with Gasteiger partial charge in [0.1, 0.15) is 0 Å². The number of sulfonamides is 1. The molecular formula is C16H23N3O4S. The zero-order valence-electron chi connectivity index (χ0n) is 13.5. The molecule has 24 heavy (non-hydrogen) atoms. The van der Waals surface area contributed by atoms with Crippen molar-refractivity contribution < 1.29 is 17.9 Å². The standard InChI is InChI=1S/C16H23N3O4S/c20-16(18-11-13-4-2-1-3-5-13)15-10-14(12-17-15)24(21,22)19-6-8-23-9-7-19/h1-5,14-15,17H,6-12H2,(H,18,20). The van der Waals surface area contributed by atoms with Crippen LogP contribution in [-0.2, 0) is 26.1 Å². The lowest BCUT2D eigenvalue weighted by Crippen LogP contribution is -2.45. The Morgan fingerprint density at radius 3 is 2.67 bits per heavy atom. The van der Waals surface area contributed by atoms with Gasteiger partial charge in [0.15, 0.2) is 0 Å². The molecule has 0 saturated carbocycles. The van der Waals surface area contributed by atoms with Crippen LogP contribution in [0.3, 0.4) is 0 Å². The van der Waals surface area contributed by atoms with Crippen LogP contribution in [0.5, 0.6) is 0 Å². The summed E-state index contributed by atoms with van der Waals surface area (Å²) in [6.45, 7) is 2.40. The molecule has 2 heterocycles. The van der Waals surface area contributed by atoms with Gasteiger partial charge in [-0.3, -0.25) is 4.79 Å². The van der Waals surface area contributed by atoms with E-state index in [2.05, 4.69) is 10.6 Å². The number of hydrogen-bond acceptors (Lipinski definition) is 5. The monoisotopic (exact) mass is 353 g/mol. The third-order valence-electron chi connectivity index (χ3n) is 4.47. The average Bonchev–Trinajstić information content (AvgIpc) is 3.12. The zero-order chi connectivity index (χ0) is 17.0. The first-order chi connectivity index (χ1) is 11.6. The summed E-state index contributed by atoms with van der Waals surface area (Å²) in [6.07, 6.45) is 0.306. The second-order valence-electron chi connectivity index (χ2n) is 6.08. The normalized spacial score (nSPS) is 25.5. The number of ether oxygens (including phenoxy) is 1. The fourth-order valence-corrected chi connectivity index (χ4v) is 4.87. The molecular weight excluding hydrogens is 330 g/mol. The van der Waals surface area contributed by atoms with Crippen molar-refractivity contribution in [2.24, 2.45) is 0 Å². The molecule has 0 radical (unpaired) electrons. The summed E-state index contributed by atoms with van der Waals surface area (Å²) in [5, 5.41) is 5.35. The van der Waals surface area contributed by atoms with Gasteiger partial charge in [0.2, 0.25) is 15.9 Å². The second-order valence-corrected chi connectivity index (χ2v) is 8.29. The Kier molecular flexibility index (Phi) is 5.50. The number of carbonyl (C=O) groups excluding carboxylic acids is 1. The maximum absolute atomic E-state index is 12.6. The van der Waals surface area contributed by atoms with E-state index in [1.54, 1.807) is 0 Å². The molecule has 1 aromatic rings. The van der Waals surface area contributed by atoms with Gasteiger partial charge in [-0.15, -0.1) is 0 Å². The van der Waals surface area contributed by atoms with Crippen molar-refractivity contribution in [3.05, 3.63) is 35.9 Å². The largest absolute Gasteiger partial charge is 0.379 e. The fourth-order valence-electron chi connectivity index (χ4n) is 3.05. The van der Waals surface area contributed by atoms with Crippen LogP contribution in [-0.4, -0.2) is 62.8 Å². The van der Waals surface area contributed by atoms with E-state index in [0.29, 0.717) is 45.8 Å². The van der Waals surface area contributed by atoms with E-state index < -0.39 is 21.3 Å². The lowest BCUT2D eigenvalue weighted by Gasteiger charge is -2.28. The second kappa shape index (κ2) is 7.60. The quantitative estimate of drug-likeness (QED) is 0.759. The highest BCUT2D eigenvalue weighted by Crippen LogP contribution is 2.20. The van der Waals surface area contributed by atoms with Crippen LogP contribution < -0.4 is 10.6 Å². The van der Waals surface area contributed by atoms with Gasteiger partial charge in [-0.05, 0) is 12.0 Å². The molecule has 0 aliphatic carbocycles. The summed E-state index contributed by atoms with van der Waals surface area (Å²) >= 11 is 0. The Labute approximate surface area is 142 Å². The SMILES string of the molecule is O=C(NCc1ccccc1)C1CC(S(=O)(=O)N2CCOCC2)CN1. The van der Waals surface area contributed by atoms with E-state index in [1.165, 1.54) is 4.31 Å². The molecule has 2 aliphatic rings. The molecule has 2 N–H and O–H groups in total. The van der Waals surface area contributed by atoms with Crippen LogP contribution in [0.15, 0.2) is 30.3 Å². The molecule has 8 heteroatoms. The molecule has 3 rings (SSSR count). The molecule has 2 fully saturated rings. The highest BCUT2D eigenvalue weighted by atomic mass is 32.2. The number of morpholine rings is 1. The summed E-state index contributed by atoms with van der Waals surface area (Å²) < 4.78 is 32.0. The van der Waals surface area contributed by atoms with Gasteiger partial charge < -0.3 is 15.4 Å². The molecule has 1 amide bonds. The van der Waals surface area contributed by atoms with E-state index in [9.17, 15) is 13.2 Å². The van der Waals surface area contributed by atoms with E-state index in [-0.39, 0.29) is 5.91 Å². The van der Waals surface area contributed by atoms with Crippen molar-refractivity contribution in [1.82, 2.24) is 14.9 Å². The van der Waals surface area contributed by atoms with Gasteiger partial charge in [0.25, 0.3) is 0 Å². The Balaban J connectivity index is 1.53. The molecule has 132 valence electrons. The number of hydrogen-bond donors (Lipinski definition) is 2. The molecule has 0 spiro atoms. The zero-order valence-corrected chi connectivity index (χ0v) is 14.3. The topological polar surface area (TPSA) is 87.7 Å². The van der Waals surface area contributed by atoms with Crippen LogP contribution in [0.25, 0.3) is 0 Å². The van der Waals surface area contributed by atoms with E-state index in [0.717, 1.165) is 5.56 Å². The average molecular weight is 353 g/mol. The molecule has 2 atom stereocenters. The Morgan fingerprint density at radius 2 is 1.96 bits per heavy atom. The van der Waals surface area contributed by atoms with Crippen molar-refractivity contribution in [2.75, 3.05) is 32.8 Å². The first kappa shape index (κ1) is 17.3. The van der Waals surface area contributed by atoms with Gasteiger partial charge in [0, 0.05) is 26.2 Å². The Morgan fingerprint density at radius 1 is 1.25 bits per heavy atom. The predicted molar refractivity (Wildman–Crippen MR) is 89.8 cm³/mol. The maximum atomic E-state index is 12.6. The molecule has 7 nitrogen and oxygen atoms in total. The van der Waals surface area contributed by atoms with Crippen LogP contribution in [0.1, 0.15) is 12.0 Å². The Bertz CT molecular complexity index is 659. The minimum atomic E-state index is -3.38. The summed E-state index contributed by atoms with van der Waals surface area (Å²) in [7, 11) is -3.38. The summed E-state index contributed by atoms with van der Waals surface area (Å²) in [5.74, 6) is -0.154. The number of nitrogens with zero attached hydrogens (tertiary/aromatic N) is 1. The molecule has 2 unspecified atom stereocenters. The third-order valence-corrected chi connectivity index (χ3v) is 6.75. The molecule has 0 aromatic heterocycles. The van der Waals surface area contributed by atoms with E-state index in [4.69, 9.17) is 4.74 Å². The predicted octanol–water partition coefficient (Wildman–Crippen LogP) is -0.305. The summed E-state index contributed by atoms with van der Waals surface area (Å²) in [4.78, 5) is 12.3. The highest BCUT2D eigenvalue weighted by Gasteiger charge is 2.40. The van der Waals surface area contributed by atoms with Gasteiger partial charge in [-0.1, -0.05) is 30.3 Å². The number of benzene rings is 1. The van der Waals surface area contributed by atoms with Crippen molar-refractivity contribution in [1.29, 1.82) is 0 Å². The van der Waals surface area contributed by atoms with Crippen molar-refractivity contribution >= 4 is 15.9 Å². The number of carbonyl (C=O) groups is 1. The summed E-state index contributed by atoms with van der Waals surface area (Å²) in [6, 6.07) is 9.17. The number of amides is 1. The lowest BCUT2D eigenvalue weighted by molar-refractivity contribution is -0.122. The molecule has 2 saturated heterocycles. The van der Waals surface area contributed by atoms with E-state index >= 15 is 0 Å². The lowest BCUT2D eigenvalue weighted by atomic mass is 10.2. The highest BCUT2D eigenvalue weighted by molar-refractivity contribution is 7.89. The number of rotatable bonds is 5. The van der Waals surface area contributed by atoms with Crippen molar-refractivity contribution in [2.45, 2.75) is 24.3 Å². The third kappa shape index (κ3) is 3.94. The number of nitrogens with one attached hydrogen (secondary N) is 2. The minimum absolute atomic E-state index is 0.154. The molecule has 1 aromatic carbocycles. The van der Waals surface area contributed by atoms with Crippen molar-refractivity contribution in [3.8, 4) is 0 Å². The maximum Gasteiger partial charge on any atom is 0.237 e. The molecule has 0 bridgehead atoms. The minimum Gasteiger partial charge on any atom is -0.379 e. The van der Waals surface area contributed by atoms with Gasteiger partial charge in [-0.2, -0.15) is 4.31 Å². The van der Waals surface area contributed by atoms with Crippen LogP contribution >= 0.6 is 0 Å². The van der Waals surface area contributed by atoms with Gasteiger partial charge >= 0.3 is 0 Å². The van der Waals surface area contributed by atoms with Gasteiger partial charge in [-0.25, -0.2) is 8.42 Å². The van der Waals surface area contributed by atoms with Crippen LogP contribution in [0.2, 0.25) is 0 Å². The van der Waals surface area contributed by atoms with Crippen LogP contribution in [0.4, 0.5) is 0 Å². The van der Waals surface area contributed by atoms with E-state index in [1.807, 2.05) is 30.3 Å². The molecule has 2 aliphatic heterocycles. The summed E-state index contributed by atoms with van der Waals surface area (Å²) in [5.41, 5.74) is 1.02. The Hall–Kier alpha value is -1.48. The first-order valence-electron chi connectivity index (χ1n) is 8.19. The van der Waals surface area contributed by atoms with Crippen LogP contribution in [0, 0.1) is 0 Å².